The molecule has 21 heavy (non-hydrogen) atoms. The lowest BCUT2D eigenvalue weighted by Gasteiger charge is -2.12. The van der Waals surface area contributed by atoms with Crippen molar-refractivity contribution < 1.29 is 9.84 Å². The summed E-state index contributed by atoms with van der Waals surface area (Å²) in [6.07, 6.45) is 12.3. The van der Waals surface area contributed by atoms with E-state index in [0.717, 1.165) is 39.0 Å². The molecule has 0 spiro atoms. The van der Waals surface area contributed by atoms with Crippen LogP contribution in [0.1, 0.15) is 45.4 Å². The van der Waals surface area contributed by atoms with Gasteiger partial charge in [0, 0.05) is 32.1 Å². The Morgan fingerprint density at radius 2 is 2.14 bits per heavy atom. The fraction of sp³-hybridized carbons (Fsp3) is 0.812. The lowest BCUT2D eigenvalue weighted by molar-refractivity contribution is 0.0355. The van der Waals surface area contributed by atoms with Crippen LogP contribution in [0.15, 0.2) is 18.7 Å². The number of aliphatic hydroxyl groups is 1. The average Bonchev–Trinajstić information content (AvgIpc) is 2.99. The molecule has 1 atom stereocenters. The number of imidazole rings is 1. The van der Waals surface area contributed by atoms with Gasteiger partial charge < -0.3 is 19.7 Å². The van der Waals surface area contributed by atoms with Crippen LogP contribution < -0.4 is 5.32 Å². The van der Waals surface area contributed by atoms with Crippen molar-refractivity contribution in [1.29, 1.82) is 0 Å². The van der Waals surface area contributed by atoms with E-state index in [1.165, 1.54) is 19.3 Å². The molecule has 0 amide bonds. The van der Waals surface area contributed by atoms with E-state index >= 15 is 0 Å². The standard InChI is InChI=1S/C16H31N3O2/c1-2-3-4-7-12-21-14-16(20)13-17-8-5-6-10-19-11-9-18-15-19/h9,11,15-17,20H,2-8,10,12-14H2,1H3. The van der Waals surface area contributed by atoms with Crippen molar-refractivity contribution in [3.8, 4) is 0 Å². The molecule has 1 aromatic rings. The van der Waals surface area contributed by atoms with Gasteiger partial charge in [-0.2, -0.15) is 0 Å². The number of aryl methyl sites for hydroxylation is 1. The summed E-state index contributed by atoms with van der Waals surface area (Å²) in [4.78, 5) is 4.01. The predicted octanol–water partition coefficient (Wildman–Crippen LogP) is 2.21. The number of nitrogens with zero attached hydrogens (tertiary/aromatic N) is 2. The largest absolute Gasteiger partial charge is 0.389 e. The van der Waals surface area contributed by atoms with Crippen molar-refractivity contribution in [2.24, 2.45) is 0 Å². The molecule has 1 rings (SSSR count). The third-order valence-corrected chi connectivity index (χ3v) is 3.41. The molecule has 122 valence electrons. The van der Waals surface area contributed by atoms with Gasteiger partial charge in [0.1, 0.15) is 0 Å². The van der Waals surface area contributed by atoms with Gasteiger partial charge in [-0.3, -0.25) is 0 Å². The zero-order valence-corrected chi connectivity index (χ0v) is 13.3. The van der Waals surface area contributed by atoms with Gasteiger partial charge in [0.15, 0.2) is 0 Å². The van der Waals surface area contributed by atoms with E-state index in [-0.39, 0.29) is 0 Å². The summed E-state index contributed by atoms with van der Waals surface area (Å²) in [6, 6.07) is 0. The zero-order chi connectivity index (χ0) is 15.2. The van der Waals surface area contributed by atoms with E-state index in [1.807, 2.05) is 12.5 Å². The van der Waals surface area contributed by atoms with Crippen molar-refractivity contribution in [2.75, 3.05) is 26.3 Å². The molecule has 0 aliphatic rings. The quantitative estimate of drug-likeness (QED) is 0.517. The second kappa shape index (κ2) is 12.8. The molecule has 2 N–H and O–H groups in total. The molecule has 1 heterocycles. The fourth-order valence-corrected chi connectivity index (χ4v) is 2.14. The number of aromatic nitrogens is 2. The molecule has 0 bridgehead atoms. The first-order valence-corrected chi connectivity index (χ1v) is 8.25. The predicted molar refractivity (Wildman–Crippen MR) is 85.3 cm³/mol. The summed E-state index contributed by atoms with van der Waals surface area (Å²) in [5, 5.41) is 13.0. The Labute approximate surface area is 128 Å². The first kappa shape index (κ1) is 18.1. The smallest absolute Gasteiger partial charge is 0.0945 e. The monoisotopic (exact) mass is 297 g/mol. The van der Waals surface area contributed by atoms with Gasteiger partial charge in [-0.1, -0.05) is 26.2 Å². The molecular weight excluding hydrogens is 266 g/mol. The Hall–Kier alpha value is -0.910. The first-order chi connectivity index (χ1) is 10.3. The number of unbranched alkanes of at least 4 members (excludes halogenated alkanes) is 4. The van der Waals surface area contributed by atoms with Crippen LogP contribution in [-0.2, 0) is 11.3 Å². The van der Waals surface area contributed by atoms with Crippen LogP contribution >= 0.6 is 0 Å². The van der Waals surface area contributed by atoms with Crippen LogP contribution in [0.3, 0.4) is 0 Å². The molecule has 5 nitrogen and oxygen atoms in total. The molecule has 0 radical (unpaired) electrons. The Morgan fingerprint density at radius 3 is 2.90 bits per heavy atom. The first-order valence-electron chi connectivity index (χ1n) is 8.25. The Balaban J connectivity index is 1.81. The SMILES string of the molecule is CCCCCCOCC(O)CNCCCCn1ccnc1. The van der Waals surface area contributed by atoms with Crippen LogP contribution in [-0.4, -0.2) is 47.1 Å². The average molecular weight is 297 g/mol. The lowest BCUT2D eigenvalue weighted by atomic mass is 10.2. The van der Waals surface area contributed by atoms with E-state index in [2.05, 4.69) is 21.8 Å². The van der Waals surface area contributed by atoms with Gasteiger partial charge in [-0.25, -0.2) is 4.98 Å². The third kappa shape index (κ3) is 10.5. The molecule has 1 aromatic heterocycles. The Kier molecular flexibility index (Phi) is 11.1. The third-order valence-electron chi connectivity index (χ3n) is 3.41. The molecule has 0 fully saturated rings. The zero-order valence-electron chi connectivity index (χ0n) is 13.3. The topological polar surface area (TPSA) is 59.3 Å². The molecule has 5 heteroatoms. The maximum Gasteiger partial charge on any atom is 0.0945 e. The molecular formula is C16H31N3O2. The number of ether oxygens (including phenoxy) is 1. The van der Waals surface area contributed by atoms with Gasteiger partial charge in [0.2, 0.25) is 0 Å². The summed E-state index contributed by atoms with van der Waals surface area (Å²) in [7, 11) is 0. The van der Waals surface area contributed by atoms with E-state index in [4.69, 9.17) is 4.74 Å². The van der Waals surface area contributed by atoms with Gasteiger partial charge in [-0.05, 0) is 25.8 Å². The van der Waals surface area contributed by atoms with Crippen LogP contribution in [0.25, 0.3) is 0 Å². The van der Waals surface area contributed by atoms with Crippen molar-refractivity contribution >= 4 is 0 Å². The summed E-state index contributed by atoms with van der Waals surface area (Å²) in [5.41, 5.74) is 0. The van der Waals surface area contributed by atoms with Gasteiger partial charge in [0.05, 0.1) is 19.0 Å². The normalized spacial score (nSPS) is 12.7. The van der Waals surface area contributed by atoms with Crippen molar-refractivity contribution in [2.45, 2.75) is 58.1 Å². The highest BCUT2D eigenvalue weighted by atomic mass is 16.5. The molecule has 0 aromatic carbocycles. The minimum absolute atomic E-state index is 0.398. The molecule has 0 saturated carbocycles. The van der Waals surface area contributed by atoms with Crippen molar-refractivity contribution in [3.63, 3.8) is 0 Å². The van der Waals surface area contributed by atoms with Gasteiger partial charge in [0.25, 0.3) is 0 Å². The van der Waals surface area contributed by atoms with E-state index < -0.39 is 6.10 Å². The summed E-state index contributed by atoms with van der Waals surface area (Å²) in [5.74, 6) is 0. The minimum atomic E-state index is -0.398. The lowest BCUT2D eigenvalue weighted by Crippen LogP contribution is -2.31. The van der Waals surface area contributed by atoms with E-state index in [0.29, 0.717) is 13.2 Å². The van der Waals surface area contributed by atoms with Crippen LogP contribution in [0.5, 0.6) is 0 Å². The highest BCUT2D eigenvalue weighted by Crippen LogP contribution is 1.99. The van der Waals surface area contributed by atoms with Gasteiger partial charge >= 0.3 is 0 Å². The van der Waals surface area contributed by atoms with E-state index in [9.17, 15) is 5.11 Å². The second-order valence-electron chi connectivity index (χ2n) is 5.50. The van der Waals surface area contributed by atoms with Crippen LogP contribution in [0.2, 0.25) is 0 Å². The highest BCUT2D eigenvalue weighted by Gasteiger charge is 2.03. The molecule has 0 saturated heterocycles. The fourth-order valence-electron chi connectivity index (χ4n) is 2.14. The van der Waals surface area contributed by atoms with Crippen LogP contribution in [0.4, 0.5) is 0 Å². The van der Waals surface area contributed by atoms with Gasteiger partial charge in [-0.15, -0.1) is 0 Å². The number of hydrogen-bond acceptors (Lipinski definition) is 4. The number of hydrogen-bond donors (Lipinski definition) is 2. The molecule has 0 aliphatic heterocycles. The summed E-state index contributed by atoms with van der Waals surface area (Å²) >= 11 is 0. The highest BCUT2D eigenvalue weighted by molar-refractivity contribution is 4.73. The number of rotatable bonds is 14. The molecule has 0 aliphatic carbocycles. The molecule has 1 unspecified atom stereocenters. The maximum absolute atomic E-state index is 9.76. The number of nitrogens with one attached hydrogen (secondary N) is 1. The van der Waals surface area contributed by atoms with Crippen molar-refractivity contribution in [1.82, 2.24) is 14.9 Å². The Morgan fingerprint density at radius 1 is 1.24 bits per heavy atom. The van der Waals surface area contributed by atoms with E-state index in [1.54, 1.807) is 6.20 Å². The maximum atomic E-state index is 9.76. The summed E-state index contributed by atoms with van der Waals surface area (Å²) < 4.78 is 7.55. The summed E-state index contributed by atoms with van der Waals surface area (Å²) in [6.45, 7) is 5.95. The van der Waals surface area contributed by atoms with Crippen LogP contribution in [0, 0.1) is 0 Å². The number of aliphatic hydroxyl groups excluding tert-OH is 1. The minimum Gasteiger partial charge on any atom is -0.389 e. The van der Waals surface area contributed by atoms with Crippen molar-refractivity contribution in [3.05, 3.63) is 18.7 Å². The second-order valence-corrected chi connectivity index (χ2v) is 5.50. The Bertz CT molecular complexity index is 317.